The summed E-state index contributed by atoms with van der Waals surface area (Å²) in [5.74, 6) is 0.0205. The predicted molar refractivity (Wildman–Crippen MR) is 74.7 cm³/mol. The molecule has 0 aliphatic heterocycles. The molecule has 18 heavy (non-hydrogen) atoms. The van der Waals surface area contributed by atoms with Gasteiger partial charge in [0.25, 0.3) is 0 Å². The Bertz CT molecular complexity index is 368. The molecule has 1 rings (SSSR count). The molecule has 1 N–H and O–H groups in total. The lowest BCUT2D eigenvalue weighted by Gasteiger charge is -2.29. The number of hydrogen-bond acceptors (Lipinski definition) is 2. The Kier molecular flexibility index (Phi) is 5.54. The van der Waals surface area contributed by atoms with Gasteiger partial charge in [0.2, 0.25) is 0 Å². The van der Waals surface area contributed by atoms with Gasteiger partial charge < -0.3 is 5.11 Å². The summed E-state index contributed by atoms with van der Waals surface area (Å²) >= 11 is 0. The van der Waals surface area contributed by atoms with Crippen LogP contribution in [0.15, 0.2) is 30.3 Å². The van der Waals surface area contributed by atoms with Gasteiger partial charge in [-0.05, 0) is 6.42 Å². The number of aliphatic hydroxyl groups is 1. The van der Waals surface area contributed by atoms with Crippen molar-refractivity contribution in [3.63, 3.8) is 0 Å². The van der Waals surface area contributed by atoms with Crippen molar-refractivity contribution in [1.82, 2.24) is 0 Å². The molecule has 0 amide bonds. The third kappa shape index (κ3) is 3.67. The molecule has 0 heterocycles. The van der Waals surface area contributed by atoms with Gasteiger partial charge in [0.1, 0.15) is 0 Å². The normalized spacial score (nSPS) is 13.3. The molecule has 100 valence electrons. The lowest BCUT2D eigenvalue weighted by atomic mass is 9.77. The van der Waals surface area contributed by atoms with Crippen LogP contribution in [-0.2, 0) is 0 Å². The first-order valence-electron chi connectivity index (χ1n) is 6.78. The van der Waals surface area contributed by atoms with Gasteiger partial charge in [0.05, 0.1) is 11.5 Å². The van der Waals surface area contributed by atoms with E-state index in [2.05, 4.69) is 6.92 Å². The number of unbranched alkanes of at least 4 members (excludes halogenated alkanes) is 2. The summed E-state index contributed by atoms with van der Waals surface area (Å²) in [6, 6.07) is 9.21. The highest BCUT2D eigenvalue weighted by Gasteiger charge is 2.35. The van der Waals surface area contributed by atoms with Crippen molar-refractivity contribution in [2.75, 3.05) is 0 Å². The van der Waals surface area contributed by atoms with Crippen molar-refractivity contribution in [1.29, 1.82) is 0 Å². The second kappa shape index (κ2) is 6.69. The van der Waals surface area contributed by atoms with Gasteiger partial charge in [-0.25, -0.2) is 0 Å². The van der Waals surface area contributed by atoms with Crippen molar-refractivity contribution >= 4 is 5.78 Å². The van der Waals surface area contributed by atoms with Crippen LogP contribution in [0, 0.1) is 5.41 Å². The molecule has 1 unspecified atom stereocenters. The summed E-state index contributed by atoms with van der Waals surface area (Å²) in [4.78, 5) is 12.4. The summed E-state index contributed by atoms with van der Waals surface area (Å²) in [7, 11) is 0. The van der Waals surface area contributed by atoms with Crippen molar-refractivity contribution in [2.45, 2.75) is 52.6 Å². The Morgan fingerprint density at radius 2 is 1.83 bits per heavy atom. The van der Waals surface area contributed by atoms with Gasteiger partial charge in [-0.1, -0.05) is 70.4 Å². The summed E-state index contributed by atoms with van der Waals surface area (Å²) in [6.45, 7) is 5.80. The second-order valence-electron chi connectivity index (χ2n) is 5.43. The standard InChI is InChI=1S/C16H24O2/c1-4-5-7-12-14(17)16(2,3)15(18)13-10-8-6-9-11-13/h6,8-11,14,17H,4-5,7,12H2,1-3H3. The third-order valence-electron chi connectivity index (χ3n) is 3.54. The molecule has 0 aromatic heterocycles. The van der Waals surface area contributed by atoms with Crippen LogP contribution < -0.4 is 0 Å². The van der Waals surface area contributed by atoms with Crippen LogP contribution in [0.3, 0.4) is 0 Å². The SMILES string of the molecule is CCCCCC(O)C(C)(C)C(=O)c1ccccc1. The highest BCUT2D eigenvalue weighted by atomic mass is 16.3. The van der Waals surface area contributed by atoms with E-state index < -0.39 is 11.5 Å². The minimum atomic E-state index is -0.713. The second-order valence-corrected chi connectivity index (χ2v) is 5.43. The molecule has 0 aliphatic rings. The zero-order valence-electron chi connectivity index (χ0n) is 11.6. The van der Waals surface area contributed by atoms with Crippen LogP contribution in [0.4, 0.5) is 0 Å². The van der Waals surface area contributed by atoms with E-state index in [1.165, 1.54) is 0 Å². The van der Waals surface area contributed by atoms with Gasteiger partial charge in [-0.2, -0.15) is 0 Å². The lowest BCUT2D eigenvalue weighted by molar-refractivity contribution is 0.0346. The van der Waals surface area contributed by atoms with Crippen molar-refractivity contribution in [3.8, 4) is 0 Å². The molecule has 1 atom stereocenters. The maximum absolute atomic E-state index is 12.4. The van der Waals surface area contributed by atoms with E-state index in [-0.39, 0.29) is 5.78 Å². The fourth-order valence-corrected chi connectivity index (χ4v) is 2.06. The fourth-order valence-electron chi connectivity index (χ4n) is 2.06. The van der Waals surface area contributed by atoms with Gasteiger partial charge >= 0.3 is 0 Å². The number of Topliss-reactive ketones (excluding diaryl/α,β-unsaturated/α-hetero) is 1. The Hall–Kier alpha value is -1.15. The first kappa shape index (κ1) is 14.9. The lowest BCUT2D eigenvalue weighted by Crippen LogP contribution is -2.37. The summed E-state index contributed by atoms with van der Waals surface area (Å²) in [5, 5.41) is 10.2. The Balaban J connectivity index is 2.70. The Labute approximate surface area is 110 Å². The predicted octanol–water partition coefficient (Wildman–Crippen LogP) is 3.84. The number of ketones is 1. The number of carbonyl (C=O) groups excluding carboxylic acids is 1. The minimum absolute atomic E-state index is 0.0205. The third-order valence-corrected chi connectivity index (χ3v) is 3.54. The van der Waals surface area contributed by atoms with Crippen LogP contribution in [0.2, 0.25) is 0 Å². The summed E-state index contributed by atoms with van der Waals surface area (Å²) in [5.41, 5.74) is -0.0354. The van der Waals surface area contributed by atoms with Crippen LogP contribution in [-0.4, -0.2) is 17.0 Å². The average molecular weight is 248 g/mol. The Morgan fingerprint density at radius 3 is 2.39 bits per heavy atom. The summed E-state index contributed by atoms with van der Waals surface area (Å²) < 4.78 is 0. The Morgan fingerprint density at radius 1 is 1.22 bits per heavy atom. The zero-order valence-corrected chi connectivity index (χ0v) is 11.6. The molecule has 0 saturated carbocycles. The van der Waals surface area contributed by atoms with Crippen LogP contribution in [0.1, 0.15) is 56.8 Å². The molecule has 0 aliphatic carbocycles. The van der Waals surface area contributed by atoms with E-state index in [4.69, 9.17) is 0 Å². The number of benzene rings is 1. The zero-order chi connectivity index (χ0) is 13.6. The molecule has 2 heteroatoms. The largest absolute Gasteiger partial charge is 0.392 e. The first-order valence-corrected chi connectivity index (χ1v) is 6.78. The van der Waals surface area contributed by atoms with E-state index in [1.54, 1.807) is 0 Å². The van der Waals surface area contributed by atoms with Crippen LogP contribution in [0.25, 0.3) is 0 Å². The molecule has 0 radical (unpaired) electrons. The highest BCUT2D eigenvalue weighted by molar-refractivity contribution is 6.00. The van der Waals surface area contributed by atoms with E-state index in [9.17, 15) is 9.90 Å². The van der Waals surface area contributed by atoms with Crippen molar-refractivity contribution in [3.05, 3.63) is 35.9 Å². The molecule has 0 bridgehead atoms. The van der Waals surface area contributed by atoms with Crippen LogP contribution >= 0.6 is 0 Å². The molecular weight excluding hydrogens is 224 g/mol. The first-order chi connectivity index (χ1) is 8.50. The van der Waals surface area contributed by atoms with Crippen molar-refractivity contribution < 1.29 is 9.90 Å². The topological polar surface area (TPSA) is 37.3 Å². The smallest absolute Gasteiger partial charge is 0.171 e. The van der Waals surface area contributed by atoms with Gasteiger partial charge in [-0.3, -0.25) is 4.79 Å². The van der Waals surface area contributed by atoms with E-state index in [0.717, 1.165) is 19.3 Å². The van der Waals surface area contributed by atoms with E-state index in [0.29, 0.717) is 12.0 Å². The molecule has 2 nitrogen and oxygen atoms in total. The number of hydrogen-bond donors (Lipinski definition) is 1. The number of rotatable bonds is 7. The summed E-state index contributed by atoms with van der Waals surface area (Å²) in [6.07, 6.45) is 3.33. The van der Waals surface area contributed by atoms with Crippen LogP contribution in [0.5, 0.6) is 0 Å². The number of aliphatic hydroxyl groups excluding tert-OH is 1. The molecule has 0 fully saturated rings. The van der Waals surface area contributed by atoms with Gasteiger partial charge in [0.15, 0.2) is 5.78 Å². The molecule has 1 aromatic rings. The van der Waals surface area contributed by atoms with E-state index >= 15 is 0 Å². The quantitative estimate of drug-likeness (QED) is 0.588. The van der Waals surface area contributed by atoms with Gasteiger partial charge in [-0.15, -0.1) is 0 Å². The average Bonchev–Trinajstić information content (AvgIpc) is 2.39. The minimum Gasteiger partial charge on any atom is -0.392 e. The highest BCUT2D eigenvalue weighted by Crippen LogP contribution is 2.29. The maximum Gasteiger partial charge on any atom is 0.171 e. The molecule has 0 spiro atoms. The molecule has 0 saturated heterocycles. The number of carbonyl (C=O) groups is 1. The monoisotopic (exact) mass is 248 g/mol. The molecule has 1 aromatic carbocycles. The van der Waals surface area contributed by atoms with Gasteiger partial charge in [0, 0.05) is 5.56 Å². The fraction of sp³-hybridized carbons (Fsp3) is 0.562. The van der Waals surface area contributed by atoms with E-state index in [1.807, 2.05) is 44.2 Å². The van der Waals surface area contributed by atoms with Crippen molar-refractivity contribution in [2.24, 2.45) is 5.41 Å². The maximum atomic E-state index is 12.4. The molecular formula is C16H24O2.